The quantitative estimate of drug-likeness (QED) is 0.686. The molecular formula is C15H26ClNO3. The largest absolute Gasteiger partial charge is 0.491 e. The molecule has 0 fully saturated rings. The van der Waals surface area contributed by atoms with Crippen molar-refractivity contribution in [1.82, 2.24) is 5.32 Å². The molecule has 0 saturated heterocycles. The molecule has 20 heavy (non-hydrogen) atoms. The predicted octanol–water partition coefficient (Wildman–Crippen LogP) is 2.09. The Kier molecular flexibility index (Phi) is 10.5. The first-order valence-corrected chi connectivity index (χ1v) is 6.76. The molecule has 0 aliphatic carbocycles. The number of nitrogens with one attached hydrogen (secondary N) is 1. The molecule has 1 rings (SSSR count). The third-order valence-electron chi connectivity index (χ3n) is 2.90. The molecule has 0 bridgehead atoms. The van der Waals surface area contributed by atoms with Gasteiger partial charge in [0.2, 0.25) is 0 Å². The molecule has 0 unspecified atom stereocenters. The number of para-hydroxylation sites is 1. The maximum Gasteiger partial charge on any atom is 0.125 e. The van der Waals surface area contributed by atoms with E-state index in [1.807, 2.05) is 39.0 Å². The first-order valence-electron chi connectivity index (χ1n) is 6.76. The van der Waals surface area contributed by atoms with Crippen LogP contribution >= 0.6 is 12.4 Å². The van der Waals surface area contributed by atoms with Crippen LogP contribution in [0.4, 0.5) is 0 Å². The van der Waals surface area contributed by atoms with E-state index < -0.39 is 0 Å². The molecule has 0 radical (unpaired) electrons. The summed E-state index contributed by atoms with van der Waals surface area (Å²) in [5.74, 6) is 0.957. The van der Waals surface area contributed by atoms with Gasteiger partial charge in [-0.15, -0.1) is 12.4 Å². The van der Waals surface area contributed by atoms with E-state index in [0.29, 0.717) is 19.8 Å². The molecule has 0 amide bonds. The van der Waals surface area contributed by atoms with Gasteiger partial charge in [-0.2, -0.15) is 0 Å². The minimum atomic E-state index is 0. The lowest BCUT2D eigenvalue weighted by Crippen LogP contribution is -2.32. The van der Waals surface area contributed by atoms with E-state index in [4.69, 9.17) is 14.6 Å². The SMILES string of the molecule is Cc1cccc(C)c1OCCOCCN[C@@H](C)CO.Cl. The van der Waals surface area contributed by atoms with Crippen molar-refractivity contribution in [1.29, 1.82) is 0 Å². The van der Waals surface area contributed by atoms with Gasteiger partial charge in [0.1, 0.15) is 12.4 Å². The maximum atomic E-state index is 8.83. The topological polar surface area (TPSA) is 50.7 Å². The van der Waals surface area contributed by atoms with Crippen LogP contribution < -0.4 is 10.1 Å². The lowest BCUT2D eigenvalue weighted by atomic mass is 10.1. The van der Waals surface area contributed by atoms with Gasteiger partial charge in [0, 0.05) is 12.6 Å². The van der Waals surface area contributed by atoms with E-state index in [-0.39, 0.29) is 25.1 Å². The zero-order valence-corrected chi connectivity index (χ0v) is 13.3. The molecule has 5 heteroatoms. The van der Waals surface area contributed by atoms with Gasteiger partial charge in [-0.05, 0) is 31.9 Å². The van der Waals surface area contributed by atoms with Gasteiger partial charge in [0.05, 0.1) is 19.8 Å². The van der Waals surface area contributed by atoms with Gasteiger partial charge in [0.25, 0.3) is 0 Å². The Labute approximate surface area is 127 Å². The lowest BCUT2D eigenvalue weighted by Gasteiger charge is -2.13. The highest BCUT2D eigenvalue weighted by Crippen LogP contribution is 2.21. The molecule has 1 atom stereocenters. The van der Waals surface area contributed by atoms with Crippen LogP contribution in [0.15, 0.2) is 18.2 Å². The van der Waals surface area contributed by atoms with Crippen LogP contribution in [0.5, 0.6) is 5.75 Å². The minimum absolute atomic E-state index is 0. The number of aliphatic hydroxyl groups is 1. The Balaban J connectivity index is 0.00000361. The maximum absolute atomic E-state index is 8.83. The second-order valence-electron chi connectivity index (χ2n) is 4.72. The second kappa shape index (κ2) is 10.9. The molecule has 1 aromatic rings. The second-order valence-corrected chi connectivity index (χ2v) is 4.72. The van der Waals surface area contributed by atoms with Crippen molar-refractivity contribution >= 4 is 12.4 Å². The van der Waals surface area contributed by atoms with Gasteiger partial charge >= 0.3 is 0 Å². The third-order valence-corrected chi connectivity index (χ3v) is 2.90. The molecular weight excluding hydrogens is 278 g/mol. The van der Waals surface area contributed by atoms with Gasteiger partial charge in [0.15, 0.2) is 0 Å². The number of rotatable bonds is 9. The molecule has 0 aromatic heterocycles. The first kappa shape index (κ1) is 19.2. The van der Waals surface area contributed by atoms with Crippen LogP contribution in [0, 0.1) is 13.8 Å². The van der Waals surface area contributed by atoms with Crippen LogP contribution in [0.2, 0.25) is 0 Å². The monoisotopic (exact) mass is 303 g/mol. The Hall–Kier alpha value is -0.810. The molecule has 0 saturated carbocycles. The molecule has 1 aromatic carbocycles. The Morgan fingerprint density at radius 2 is 1.80 bits per heavy atom. The van der Waals surface area contributed by atoms with E-state index in [1.54, 1.807) is 0 Å². The number of ether oxygens (including phenoxy) is 2. The smallest absolute Gasteiger partial charge is 0.125 e. The average Bonchev–Trinajstić information content (AvgIpc) is 2.40. The van der Waals surface area contributed by atoms with E-state index in [0.717, 1.165) is 23.4 Å². The molecule has 0 spiro atoms. The van der Waals surface area contributed by atoms with Crippen molar-refractivity contribution in [3.63, 3.8) is 0 Å². The van der Waals surface area contributed by atoms with Crippen LogP contribution in [0.25, 0.3) is 0 Å². The van der Waals surface area contributed by atoms with Crippen molar-refractivity contribution in [2.45, 2.75) is 26.8 Å². The highest BCUT2D eigenvalue weighted by atomic mass is 35.5. The summed E-state index contributed by atoms with van der Waals surface area (Å²) in [5, 5.41) is 12.0. The molecule has 0 heterocycles. The normalized spacial score (nSPS) is 11.8. The van der Waals surface area contributed by atoms with Gasteiger partial charge < -0.3 is 19.9 Å². The van der Waals surface area contributed by atoms with E-state index in [2.05, 4.69) is 5.32 Å². The summed E-state index contributed by atoms with van der Waals surface area (Å²) >= 11 is 0. The van der Waals surface area contributed by atoms with Gasteiger partial charge in [-0.3, -0.25) is 0 Å². The number of hydrogen-bond donors (Lipinski definition) is 2. The average molecular weight is 304 g/mol. The highest BCUT2D eigenvalue weighted by molar-refractivity contribution is 5.85. The number of benzene rings is 1. The molecule has 4 nitrogen and oxygen atoms in total. The standard InChI is InChI=1S/C15H25NO3.ClH/c1-12-5-4-6-13(2)15(12)19-10-9-18-8-7-16-14(3)11-17;/h4-6,14,16-17H,7-11H2,1-3H3;1H/t14-;/m0./s1. The fraction of sp³-hybridized carbons (Fsp3) is 0.600. The van der Waals surface area contributed by atoms with Crippen molar-refractivity contribution in [2.24, 2.45) is 0 Å². The number of halogens is 1. The van der Waals surface area contributed by atoms with E-state index in [1.165, 1.54) is 0 Å². The van der Waals surface area contributed by atoms with Crippen molar-refractivity contribution < 1.29 is 14.6 Å². The van der Waals surface area contributed by atoms with E-state index >= 15 is 0 Å². The number of hydrogen-bond acceptors (Lipinski definition) is 4. The van der Waals surface area contributed by atoms with Crippen LogP contribution in [-0.4, -0.2) is 44.1 Å². The number of aryl methyl sites for hydroxylation is 2. The summed E-state index contributed by atoms with van der Waals surface area (Å²) in [4.78, 5) is 0. The fourth-order valence-corrected chi connectivity index (χ4v) is 1.77. The summed E-state index contributed by atoms with van der Waals surface area (Å²) in [6.45, 7) is 8.67. The van der Waals surface area contributed by atoms with Crippen molar-refractivity contribution in [3.8, 4) is 5.75 Å². The van der Waals surface area contributed by atoms with Crippen LogP contribution in [-0.2, 0) is 4.74 Å². The number of aliphatic hydroxyl groups excluding tert-OH is 1. The molecule has 116 valence electrons. The van der Waals surface area contributed by atoms with Gasteiger partial charge in [-0.25, -0.2) is 0 Å². The minimum Gasteiger partial charge on any atom is -0.491 e. The summed E-state index contributed by atoms with van der Waals surface area (Å²) < 4.78 is 11.2. The van der Waals surface area contributed by atoms with Crippen molar-refractivity contribution in [2.75, 3.05) is 33.0 Å². The predicted molar refractivity (Wildman–Crippen MR) is 84.0 cm³/mol. The zero-order chi connectivity index (χ0) is 14.1. The zero-order valence-electron chi connectivity index (χ0n) is 12.5. The molecule has 0 aliphatic heterocycles. The Morgan fingerprint density at radius 1 is 1.15 bits per heavy atom. The Bertz CT molecular complexity index is 354. The molecule has 0 aliphatic rings. The summed E-state index contributed by atoms with van der Waals surface area (Å²) in [5.41, 5.74) is 2.30. The third kappa shape index (κ3) is 7.10. The van der Waals surface area contributed by atoms with Gasteiger partial charge in [-0.1, -0.05) is 18.2 Å². The van der Waals surface area contributed by atoms with Crippen molar-refractivity contribution in [3.05, 3.63) is 29.3 Å². The van der Waals surface area contributed by atoms with Crippen LogP contribution in [0.1, 0.15) is 18.1 Å². The summed E-state index contributed by atoms with van der Waals surface area (Å²) in [6.07, 6.45) is 0. The molecule has 2 N–H and O–H groups in total. The lowest BCUT2D eigenvalue weighted by molar-refractivity contribution is 0.0984. The first-order chi connectivity index (χ1) is 9.15. The summed E-state index contributed by atoms with van der Waals surface area (Å²) in [7, 11) is 0. The fourth-order valence-electron chi connectivity index (χ4n) is 1.77. The van der Waals surface area contributed by atoms with Crippen LogP contribution in [0.3, 0.4) is 0 Å². The van der Waals surface area contributed by atoms with E-state index in [9.17, 15) is 0 Å². The summed E-state index contributed by atoms with van der Waals surface area (Å²) in [6, 6.07) is 6.24. The highest BCUT2D eigenvalue weighted by Gasteiger charge is 2.02. The Morgan fingerprint density at radius 3 is 2.40 bits per heavy atom.